The van der Waals surface area contributed by atoms with Crippen molar-refractivity contribution in [1.82, 2.24) is 4.90 Å². The van der Waals surface area contributed by atoms with Crippen LogP contribution in [0.15, 0.2) is 23.8 Å². The first-order chi connectivity index (χ1) is 10.5. The maximum Gasteiger partial charge on any atom is 0.306 e. The molecular formula is C16H19NO5. The van der Waals surface area contributed by atoms with Crippen molar-refractivity contribution in [3.8, 4) is 0 Å². The summed E-state index contributed by atoms with van der Waals surface area (Å²) < 4.78 is 10.6. The number of ether oxygens (including phenoxy) is 2. The smallest absolute Gasteiger partial charge is 0.306 e. The predicted molar refractivity (Wildman–Crippen MR) is 75.7 cm³/mol. The summed E-state index contributed by atoms with van der Waals surface area (Å²) in [5.74, 6) is -0.708. The quantitative estimate of drug-likeness (QED) is 0.699. The fraction of sp³-hybridized carbons (Fsp3) is 0.625. The fourth-order valence-corrected chi connectivity index (χ4v) is 4.58. The molecule has 0 saturated carbocycles. The van der Waals surface area contributed by atoms with E-state index in [9.17, 15) is 14.7 Å². The number of cyclic esters (lactones) is 1. The Balaban J connectivity index is 1.85. The number of nitrogens with zero attached hydrogens (tertiary/aromatic N) is 1. The number of rotatable bonds is 1. The topological polar surface area (TPSA) is 76.1 Å². The van der Waals surface area contributed by atoms with Crippen molar-refractivity contribution in [3.63, 3.8) is 0 Å². The Hall–Kier alpha value is -1.66. The largest absolute Gasteiger partial charge is 0.463 e. The molecular weight excluding hydrogens is 286 g/mol. The van der Waals surface area contributed by atoms with Crippen LogP contribution in [0.25, 0.3) is 0 Å². The molecule has 6 nitrogen and oxygen atoms in total. The minimum atomic E-state index is -1.07. The molecule has 4 aliphatic rings. The number of carbonyl (C=O) groups is 2. The molecule has 1 aliphatic carbocycles. The lowest BCUT2D eigenvalue weighted by molar-refractivity contribution is -0.204. The minimum absolute atomic E-state index is 0.00885. The van der Waals surface area contributed by atoms with Crippen LogP contribution < -0.4 is 0 Å². The second kappa shape index (κ2) is 4.43. The molecule has 0 aromatic rings. The second-order valence-electron chi connectivity index (χ2n) is 6.62. The monoisotopic (exact) mass is 305 g/mol. The summed E-state index contributed by atoms with van der Waals surface area (Å²) in [6.07, 6.45) is 6.46. The van der Waals surface area contributed by atoms with Gasteiger partial charge < -0.3 is 19.5 Å². The summed E-state index contributed by atoms with van der Waals surface area (Å²) in [6.45, 7) is 0.475. The number of esters is 1. The van der Waals surface area contributed by atoms with Crippen LogP contribution in [0.2, 0.25) is 0 Å². The van der Waals surface area contributed by atoms with E-state index in [1.54, 1.807) is 13.2 Å². The predicted octanol–water partition coefficient (Wildman–Crippen LogP) is 0.167. The van der Waals surface area contributed by atoms with Crippen molar-refractivity contribution in [2.75, 3.05) is 20.3 Å². The number of piperidine rings is 1. The van der Waals surface area contributed by atoms with Crippen LogP contribution >= 0.6 is 0 Å². The summed E-state index contributed by atoms with van der Waals surface area (Å²) in [5, 5.41) is 11.0. The summed E-state index contributed by atoms with van der Waals surface area (Å²) >= 11 is 0. The van der Waals surface area contributed by atoms with Crippen molar-refractivity contribution in [2.45, 2.75) is 36.5 Å². The van der Waals surface area contributed by atoms with Gasteiger partial charge >= 0.3 is 5.97 Å². The van der Waals surface area contributed by atoms with Crippen molar-refractivity contribution >= 4 is 11.9 Å². The summed E-state index contributed by atoms with van der Waals surface area (Å²) in [4.78, 5) is 26.1. The molecule has 3 heterocycles. The zero-order chi connectivity index (χ0) is 15.5. The van der Waals surface area contributed by atoms with Crippen molar-refractivity contribution < 1.29 is 24.2 Å². The van der Waals surface area contributed by atoms with Crippen LogP contribution in [-0.2, 0) is 19.1 Å². The van der Waals surface area contributed by atoms with Gasteiger partial charge in [0, 0.05) is 32.1 Å². The van der Waals surface area contributed by atoms with Crippen LogP contribution in [0.1, 0.15) is 19.3 Å². The van der Waals surface area contributed by atoms with Crippen LogP contribution in [0.3, 0.4) is 0 Å². The Morgan fingerprint density at radius 2 is 2.27 bits per heavy atom. The van der Waals surface area contributed by atoms with Gasteiger partial charge in [-0.05, 0) is 12.0 Å². The lowest BCUT2D eigenvalue weighted by Crippen LogP contribution is -2.70. The lowest BCUT2D eigenvalue weighted by atomic mass is 9.60. The summed E-state index contributed by atoms with van der Waals surface area (Å²) in [5.41, 5.74) is -0.847. The lowest BCUT2D eigenvalue weighted by Gasteiger charge is -2.58. The Morgan fingerprint density at radius 3 is 3.05 bits per heavy atom. The highest BCUT2D eigenvalue weighted by Crippen LogP contribution is 2.54. The molecule has 1 amide bonds. The maximum atomic E-state index is 12.4. The van der Waals surface area contributed by atoms with E-state index < -0.39 is 11.1 Å². The second-order valence-corrected chi connectivity index (χ2v) is 6.62. The van der Waals surface area contributed by atoms with Crippen molar-refractivity contribution in [2.24, 2.45) is 5.92 Å². The molecule has 3 aliphatic heterocycles. The third-order valence-electron chi connectivity index (χ3n) is 5.68. The number of methoxy groups -OCH3 is 1. The number of carbonyl (C=O) groups excluding carboxylic acids is 2. The first-order valence-electron chi connectivity index (χ1n) is 7.62. The van der Waals surface area contributed by atoms with Gasteiger partial charge in [0.2, 0.25) is 5.91 Å². The third kappa shape index (κ3) is 1.62. The number of hydrogen-bond acceptors (Lipinski definition) is 5. The molecule has 4 rings (SSSR count). The van der Waals surface area contributed by atoms with E-state index in [-0.39, 0.29) is 36.9 Å². The van der Waals surface area contributed by atoms with E-state index in [0.717, 1.165) is 5.57 Å². The Morgan fingerprint density at radius 1 is 1.45 bits per heavy atom. The van der Waals surface area contributed by atoms with E-state index in [2.05, 4.69) is 0 Å². The normalized spacial score (nSPS) is 43.2. The fourth-order valence-electron chi connectivity index (χ4n) is 4.58. The number of aliphatic hydroxyl groups is 1. The molecule has 2 fully saturated rings. The van der Waals surface area contributed by atoms with Gasteiger partial charge in [-0.25, -0.2) is 0 Å². The number of amides is 1. The van der Waals surface area contributed by atoms with Crippen molar-refractivity contribution in [1.29, 1.82) is 0 Å². The highest BCUT2D eigenvalue weighted by molar-refractivity contribution is 5.94. The van der Waals surface area contributed by atoms with Crippen LogP contribution in [0, 0.1) is 5.92 Å². The highest BCUT2D eigenvalue weighted by Gasteiger charge is 2.64. The van der Waals surface area contributed by atoms with Crippen molar-refractivity contribution in [3.05, 3.63) is 23.8 Å². The molecule has 0 radical (unpaired) electrons. The SMILES string of the molecule is CO[C@H]1C=CC2=CC(=O)N3CC[C@]4(O)COC(=O)C[C@@H]4[C@]23C1. The van der Waals surface area contributed by atoms with Crippen LogP contribution in [-0.4, -0.2) is 59.4 Å². The Bertz CT molecular complexity index is 612. The molecule has 22 heavy (non-hydrogen) atoms. The van der Waals surface area contributed by atoms with Gasteiger partial charge in [0.25, 0.3) is 0 Å². The van der Waals surface area contributed by atoms with Gasteiger partial charge in [-0.15, -0.1) is 0 Å². The standard InChI is InChI=1S/C16H19NO5/c1-21-11-3-2-10-6-13(18)17-5-4-15(20)9-22-14(19)7-12(15)16(10,17)8-11/h2-3,6,11-12,20H,4-5,7-9H2,1H3/t11-,12-,15-,16-/m0/s1. The third-order valence-corrected chi connectivity index (χ3v) is 5.68. The van der Waals surface area contributed by atoms with Crippen LogP contribution in [0.5, 0.6) is 0 Å². The number of fused-ring (bicyclic) bond motifs is 1. The van der Waals surface area contributed by atoms with E-state index in [0.29, 0.717) is 19.4 Å². The molecule has 0 aromatic heterocycles. The molecule has 118 valence electrons. The molecule has 0 aromatic carbocycles. The molecule has 6 heteroatoms. The Labute approximate surface area is 128 Å². The molecule has 2 saturated heterocycles. The molecule has 0 bridgehead atoms. The first-order valence-corrected chi connectivity index (χ1v) is 7.62. The van der Waals surface area contributed by atoms with E-state index in [4.69, 9.17) is 9.47 Å². The zero-order valence-corrected chi connectivity index (χ0v) is 12.4. The number of hydrogen-bond donors (Lipinski definition) is 1. The highest BCUT2D eigenvalue weighted by atomic mass is 16.5. The van der Waals surface area contributed by atoms with Gasteiger partial charge in [0.05, 0.1) is 18.1 Å². The summed E-state index contributed by atoms with van der Waals surface area (Å²) in [6, 6.07) is 0. The van der Waals surface area contributed by atoms with Gasteiger partial charge in [-0.1, -0.05) is 12.2 Å². The van der Waals surface area contributed by atoms with Crippen LogP contribution in [0.4, 0.5) is 0 Å². The molecule has 1 N–H and O–H groups in total. The first kappa shape index (κ1) is 14.0. The average molecular weight is 305 g/mol. The zero-order valence-electron chi connectivity index (χ0n) is 12.4. The van der Waals surface area contributed by atoms with E-state index in [1.165, 1.54) is 0 Å². The maximum absolute atomic E-state index is 12.4. The van der Waals surface area contributed by atoms with Gasteiger partial charge in [0.1, 0.15) is 12.2 Å². The summed E-state index contributed by atoms with van der Waals surface area (Å²) in [7, 11) is 1.63. The molecule has 1 spiro atoms. The van der Waals surface area contributed by atoms with Gasteiger partial charge in [-0.3, -0.25) is 9.59 Å². The minimum Gasteiger partial charge on any atom is -0.463 e. The van der Waals surface area contributed by atoms with E-state index in [1.807, 2.05) is 17.1 Å². The van der Waals surface area contributed by atoms with Gasteiger partial charge in [0.15, 0.2) is 0 Å². The Kier molecular flexibility index (Phi) is 2.81. The molecule has 4 atom stereocenters. The van der Waals surface area contributed by atoms with Gasteiger partial charge in [-0.2, -0.15) is 0 Å². The molecule has 0 unspecified atom stereocenters. The van der Waals surface area contributed by atoms with E-state index >= 15 is 0 Å². The average Bonchev–Trinajstić information content (AvgIpc) is 2.80.